The van der Waals surface area contributed by atoms with Crippen molar-refractivity contribution < 1.29 is 29.3 Å². The molecule has 30 heavy (non-hydrogen) atoms. The smallest absolute Gasteiger partial charge is 0.322 e. The predicted molar refractivity (Wildman–Crippen MR) is 108 cm³/mol. The van der Waals surface area contributed by atoms with Gasteiger partial charge in [0.15, 0.2) is 11.5 Å². The Labute approximate surface area is 171 Å². The third-order valence-electron chi connectivity index (χ3n) is 4.18. The van der Waals surface area contributed by atoms with Crippen molar-refractivity contribution in [3.05, 3.63) is 59.8 Å². The second kappa shape index (κ2) is 8.48. The van der Waals surface area contributed by atoms with E-state index in [4.69, 9.17) is 9.84 Å². The van der Waals surface area contributed by atoms with Gasteiger partial charge in [-0.1, -0.05) is 24.3 Å². The number of phenolic OH excluding ortho intramolecular Hbond substituents is 1. The van der Waals surface area contributed by atoms with Gasteiger partial charge < -0.3 is 25.2 Å². The second-order valence-corrected chi connectivity index (χ2v) is 6.56. The van der Waals surface area contributed by atoms with Crippen LogP contribution in [-0.2, 0) is 4.79 Å². The van der Waals surface area contributed by atoms with Gasteiger partial charge in [0, 0.05) is 19.5 Å². The molecule has 3 N–H and O–H groups in total. The molecule has 0 saturated carbocycles. The third-order valence-corrected chi connectivity index (χ3v) is 4.18. The number of aromatic hydroxyl groups is 1. The van der Waals surface area contributed by atoms with E-state index in [1.165, 1.54) is 23.1 Å². The molecule has 0 unspecified atom stereocenters. The lowest BCUT2D eigenvalue weighted by atomic mass is 10.1. The lowest BCUT2D eigenvalue weighted by Gasteiger charge is -2.15. The van der Waals surface area contributed by atoms with Crippen LogP contribution in [0.5, 0.6) is 17.4 Å². The number of aliphatic carboxylic acids is 1. The summed E-state index contributed by atoms with van der Waals surface area (Å²) in [6.45, 7) is -0.557. The molecule has 0 bridgehead atoms. The van der Waals surface area contributed by atoms with Crippen LogP contribution >= 0.6 is 0 Å². The van der Waals surface area contributed by atoms with Crippen molar-refractivity contribution in [2.75, 3.05) is 20.6 Å². The molecule has 0 saturated heterocycles. The van der Waals surface area contributed by atoms with Gasteiger partial charge in [0.1, 0.15) is 12.2 Å². The Morgan fingerprint density at radius 2 is 1.83 bits per heavy atom. The van der Waals surface area contributed by atoms with Crippen molar-refractivity contribution in [3.63, 3.8) is 0 Å². The number of carboxylic acid groups (broad SMARTS) is 1. The van der Waals surface area contributed by atoms with Crippen molar-refractivity contribution >= 4 is 28.6 Å². The molecule has 0 fully saturated rings. The summed E-state index contributed by atoms with van der Waals surface area (Å²) in [5.74, 6) is -2.62. The number of amides is 2. The number of benzene rings is 2. The minimum Gasteiger partial charge on any atom is -0.504 e. The van der Waals surface area contributed by atoms with Crippen LogP contribution in [0.4, 0.5) is 0 Å². The van der Waals surface area contributed by atoms with Crippen LogP contribution in [0.1, 0.15) is 20.8 Å². The SMILES string of the molecule is CN(C)C(=O)c1cccc(Oc2nc(C(=O)NCC(=O)O)cc3ccccc23)c1O. The van der Waals surface area contributed by atoms with Crippen molar-refractivity contribution in [2.45, 2.75) is 0 Å². The number of carboxylic acids is 1. The highest BCUT2D eigenvalue weighted by molar-refractivity contribution is 5.99. The minimum atomic E-state index is -1.19. The highest BCUT2D eigenvalue weighted by Gasteiger charge is 2.19. The van der Waals surface area contributed by atoms with Gasteiger partial charge in [0.2, 0.25) is 5.88 Å². The van der Waals surface area contributed by atoms with E-state index in [2.05, 4.69) is 10.3 Å². The van der Waals surface area contributed by atoms with Crippen LogP contribution in [0.2, 0.25) is 0 Å². The van der Waals surface area contributed by atoms with E-state index in [9.17, 15) is 19.5 Å². The standard InChI is InChI=1S/C21H19N3O6/c1-24(2)21(29)14-8-5-9-16(18(14)27)30-20-13-7-4-3-6-12(13)10-15(23-20)19(28)22-11-17(25)26/h3-10,27H,11H2,1-2H3,(H,22,28)(H,25,26). The molecule has 1 heterocycles. The molecule has 0 radical (unpaired) electrons. The Balaban J connectivity index is 2.04. The number of nitrogens with one attached hydrogen (secondary N) is 1. The first-order valence-corrected chi connectivity index (χ1v) is 8.89. The van der Waals surface area contributed by atoms with E-state index in [1.54, 1.807) is 44.4 Å². The summed E-state index contributed by atoms with van der Waals surface area (Å²) in [6, 6.07) is 13.0. The molecule has 0 atom stereocenters. The zero-order valence-corrected chi connectivity index (χ0v) is 16.2. The summed E-state index contributed by atoms with van der Waals surface area (Å²) < 4.78 is 5.78. The molecular formula is C21H19N3O6. The molecule has 0 aliphatic carbocycles. The summed E-state index contributed by atoms with van der Waals surface area (Å²) >= 11 is 0. The molecule has 1 aromatic heterocycles. The molecular weight excluding hydrogens is 390 g/mol. The maximum atomic E-state index is 12.3. The zero-order valence-electron chi connectivity index (χ0n) is 16.2. The number of aromatic nitrogens is 1. The Kier molecular flexibility index (Phi) is 5.82. The first-order chi connectivity index (χ1) is 14.3. The lowest BCUT2D eigenvalue weighted by Crippen LogP contribution is -2.29. The Hall–Kier alpha value is -4.14. The van der Waals surface area contributed by atoms with Gasteiger partial charge in [0.05, 0.1) is 5.56 Å². The lowest BCUT2D eigenvalue weighted by molar-refractivity contribution is -0.135. The fourth-order valence-electron chi connectivity index (χ4n) is 2.73. The van der Waals surface area contributed by atoms with E-state index in [0.29, 0.717) is 10.8 Å². The third kappa shape index (κ3) is 4.30. The Morgan fingerprint density at radius 3 is 2.53 bits per heavy atom. The van der Waals surface area contributed by atoms with Crippen LogP contribution in [0.3, 0.4) is 0 Å². The molecule has 3 rings (SSSR count). The maximum absolute atomic E-state index is 12.3. The number of nitrogens with zero attached hydrogens (tertiary/aromatic N) is 2. The molecule has 154 valence electrons. The summed E-state index contributed by atoms with van der Waals surface area (Å²) in [4.78, 5) is 40.8. The molecule has 0 spiro atoms. The fraction of sp³-hybridized carbons (Fsp3) is 0.143. The van der Waals surface area contributed by atoms with Gasteiger partial charge in [0.25, 0.3) is 11.8 Å². The predicted octanol–water partition coefficient (Wildman–Crippen LogP) is 2.25. The summed E-state index contributed by atoms with van der Waals surface area (Å²) in [5.41, 5.74) is 0.00197. The number of pyridine rings is 1. The number of fused-ring (bicyclic) bond motifs is 1. The number of ether oxygens (including phenoxy) is 1. The van der Waals surface area contributed by atoms with Crippen LogP contribution < -0.4 is 10.1 Å². The molecule has 9 nitrogen and oxygen atoms in total. The Bertz CT molecular complexity index is 1140. The second-order valence-electron chi connectivity index (χ2n) is 6.56. The fourth-order valence-corrected chi connectivity index (χ4v) is 2.73. The number of carbonyl (C=O) groups excluding carboxylic acids is 2. The van der Waals surface area contributed by atoms with E-state index in [1.807, 2.05) is 0 Å². The van der Waals surface area contributed by atoms with Gasteiger partial charge in [-0.15, -0.1) is 0 Å². The molecule has 0 aliphatic heterocycles. The number of para-hydroxylation sites is 1. The van der Waals surface area contributed by atoms with Gasteiger partial charge in [-0.3, -0.25) is 14.4 Å². The topological polar surface area (TPSA) is 129 Å². The molecule has 3 aromatic rings. The number of carbonyl (C=O) groups is 3. The number of hydrogen-bond acceptors (Lipinski definition) is 6. The highest BCUT2D eigenvalue weighted by atomic mass is 16.5. The Morgan fingerprint density at radius 1 is 1.10 bits per heavy atom. The van der Waals surface area contributed by atoms with Crippen LogP contribution in [0, 0.1) is 0 Å². The zero-order chi connectivity index (χ0) is 21.8. The summed E-state index contributed by atoms with van der Waals surface area (Å²) in [7, 11) is 3.12. The summed E-state index contributed by atoms with van der Waals surface area (Å²) in [5, 5.41) is 22.7. The normalized spacial score (nSPS) is 10.5. The van der Waals surface area contributed by atoms with Crippen molar-refractivity contribution in [2.24, 2.45) is 0 Å². The van der Waals surface area contributed by atoms with Gasteiger partial charge >= 0.3 is 5.97 Å². The van der Waals surface area contributed by atoms with Crippen LogP contribution in [0.15, 0.2) is 48.5 Å². The van der Waals surface area contributed by atoms with Crippen molar-refractivity contribution in [1.29, 1.82) is 0 Å². The van der Waals surface area contributed by atoms with Crippen molar-refractivity contribution in [1.82, 2.24) is 15.2 Å². The van der Waals surface area contributed by atoms with Gasteiger partial charge in [-0.2, -0.15) is 0 Å². The molecule has 2 aromatic carbocycles. The molecule has 2 amide bonds. The van der Waals surface area contributed by atoms with E-state index < -0.39 is 24.3 Å². The first kappa shape index (κ1) is 20.6. The largest absolute Gasteiger partial charge is 0.504 e. The summed E-state index contributed by atoms with van der Waals surface area (Å²) in [6.07, 6.45) is 0. The van der Waals surface area contributed by atoms with Gasteiger partial charge in [-0.25, -0.2) is 4.98 Å². The molecule has 0 aliphatic rings. The van der Waals surface area contributed by atoms with Crippen LogP contribution in [-0.4, -0.2) is 58.5 Å². The number of phenols is 1. The van der Waals surface area contributed by atoms with Crippen molar-refractivity contribution in [3.8, 4) is 17.4 Å². The van der Waals surface area contributed by atoms with Gasteiger partial charge in [-0.05, 0) is 29.7 Å². The quantitative estimate of drug-likeness (QED) is 0.569. The van der Waals surface area contributed by atoms with Crippen LogP contribution in [0.25, 0.3) is 10.8 Å². The monoisotopic (exact) mass is 409 g/mol. The minimum absolute atomic E-state index is 0.0107. The van der Waals surface area contributed by atoms with E-state index in [0.717, 1.165) is 0 Å². The highest BCUT2D eigenvalue weighted by Crippen LogP contribution is 2.36. The maximum Gasteiger partial charge on any atom is 0.322 e. The average molecular weight is 409 g/mol. The number of rotatable bonds is 6. The van der Waals surface area contributed by atoms with E-state index >= 15 is 0 Å². The number of hydrogen-bond donors (Lipinski definition) is 3. The van der Waals surface area contributed by atoms with E-state index in [-0.39, 0.29) is 28.6 Å². The molecule has 9 heteroatoms. The first-order valence-electron chi connectivity index (χ1n) is 8.89. The average Bonchev–Trinajstić information content (AvgIpc) is 2.72.